The molecule has 7 atom stereocenters. The van der Waals surface area contributed by atoms with E-state index in [4.69, 9.17) is 18.9 Å². The average Bonchev–Trinajstić information content (AvgIpc) is 3.40. The Balaban J connectivity index is 1.31. The van der Waals surface area contributed by atoms with E-state index in [1.54, 1.807) is 0 Å². The minimum Gasteiger partial charge on any atom is -0.392 e. The monoisotopic (exact) mass is 392 g/mol. The van der Waals surface area contributed by atoms with Crippen LogP contribution in [0.4, 0.5) is 0 Å². The highest BCUT2D eigenvalue weighted by molar-refractivity contribution is 5.16. The predicted molar refractivity (Wildman–Crippen MR) is 102 cm³/mol. The molecule has 6 fully saturated rings. The van der Waals surface area contributed by atoms with Crippen molar-refractivity contribution in [2.24, 2.45) is 34.5 Å². The van der Waals surface area contributed by atoms with Crippen LogP contribution in [0.15, 0.2) is 0 Å². The Morgan fingerprint density at radius 2 is 1.50 bits per heavy atom. The normalized spacial score (nSPS) is 53.9. The van der Waals surface area contributed by atoms with E-state index >= 15 is 0 Å². The van der Waals surface area contributed by atoms with Crippen molar-refractivity contribution in [2.45, 2.75) is 82.9 Å². The molecule has 0 aromatic heterocycles. The molecule has 0 aromatic rings. The Morgan fingerprint density at radius 3 is 2.25 bits per heavy atom. The molecule has 0 unspecified atom stereocenters. The summed E-state index contributed by atoms with van der Waals surface area (Å²) in [6.07, 6.45) is 8.38. The van der Waals surface area contributed by atoms with E-state index in [1.807, 2.05) is 0 Å². The van der Waals surface area contributed by atoms with Gasteiger partial charge in [0.1, 0.15) is 0 Å². The van der Waals surface area contributed by atoms with Gasteiger partial charge in [-0.25, -0.2) is 0 Å². The molecule has 2 aliphatic heterocycles. The van der Waals surface area contributed by atoms with Crippen molar-refractivity contribution in [1.29, 1.82) is 0 Å². The van der Waals surface area contributed by atoms with E-state index in [2.05, 4.69) is 13.8 Å². The van der Waals surface area contributed by atoms with Gasteiger partial charge >= 0.3 is 0 Å². The summed E-state index contributed by atoms with van der Waals surface area (Å²) in [5.41, 5.74) is 0.0281. The van der Waals surface area contributed by atoms with Gasteiger partial charge < -0.3 is 24.1 Å². The number of rotatable bonds is 0. The largest absolute Gasteiger partial charge is 0.392 e. The molecule has 0 radical (unpaired) electrons. The van der Waals surface area contributed by atoms with E-state index in [0.717, 1.165) is 51.7 Å². The summed E-state index contributed by atoms with van der Waals surface area (Å²) in [6, 6.07) is 0. The maximum Gasteiger partial charge on any atom is 0.176 e. The van der Waals surface area contributed by atoms with Crippen LogP contribution in [0.2, 0.25) is 0 Å². The van der Waals surface area contributed by atoms with Crippen molar-refractivity contribution in [3.63, 3.8) is 0 Å². The van der Waals surface area contributed by atoms with Crippen LogP contribution in [0.3, 0.4) is 0 Å². The molecule has 2 saturated heterocycles. The lowest BCUT2D eigenvalue weighted by Gasteiger charge is -2.63. The molecule has 6 rings (SSSR count). The Morgan fingerprint density at radius 1 is 0.786 bits per heavy atom. The predicted octanol–water partition coefficient (Wildman–Crippen LogP) is 3.49. The second-order valence-corrected chi connectivity index (χ2v) is 11.0. The summed E-state index contributed by atoms with van der Waals surface area (Å²) in [5.74, 6) is 1.58. The Kier molecular flexibility index (Phi) is 3.94. The highest BCUT2D eigenvalue weighted by atomic mass is 16.7. The fraction of sp³-hybridized carbons (Fsp3) is 1.00. The number of hydrogen-bond acceptors (Lipinski definition) is 5. The zero-order chi connectivity index (χ0) is 19.2. The van der Waals surface area contributed by atoms with Crippen LogP contribution < -0.4 is 0 Å². The molecule has 1 N–H and O–H groups in total. The standard InChI is InChI=1S/C23H36O5/c1-20-7-8-22(25-9-10-26-22)14-15(20)3-4-16-17-5-6-23(27-11-12-28-23)21(17,2)19(24)13-18(16)20/h15-19,24H,3-14H2,1-2H3/t15-,16+,17+,18+,19-,20+,21-/m0/s1. The molecule has 5 heteroatoms. The summed E-state index contributed by atoms with van der Waals surface area (Å²) in [4.78, 5) is 0. The maximum absolute atomic E-state index is 11.5. The van der Waals surface area contributed by atoms with Crippen molar-refractivity contribution in [1.82, 2.24) is 0 Å². The summed E-state index contributed by atoms with van der Waals surface area (Å²) in [7, 11) is 0. The van der Waals surface area contributed by atoms with Gasteiger partial charge in [0, 0.05) is 19.3 Å². The summed E-state index contributed by atoms with van der Waals surface area (Å²) < 4.78 is 24.6. The minimum atomic E-state index is -0.540. The van der Waals surface area contributed by atoms with Crippen molar-refractivity contribution in [3.8, 4) is 0 Å². The van der Waals surface area contributed by atoms with Crippen molar-refractivity contribution >= 4 is 0 Å². The van der Waals surface area contributed by atoms with Gasteiger partial charge in [-0.2, -0.15) is 0 Å². The maximum atomic E-state index is 11.5. The second-order valence-electron chi connectivity index (χ2n) is 11.0. The zero-order valence-corrected chi connectivity index (χ0v) is 17.5. The number of fused-ring (bicyclic) bond motifs is 6. The van der Waals surface area contributed by atoms with Gasteiger partial charge in [-0.3, -0.25) is 0 Å². The highest BCUT2D eigenvalue weighted by Gasteiger charge is 2.71. The van der Waals surface area contributed by atoms with Crippen LogP contribution >= 0.6 is 0 Å². The summed E-state index contributed by atoms with van der Waals surface area (Å²) in [5, 5.41) is 11.5. The Labute approximate surface area is 168 Å². The first-order chi connectivity index (χ1) is 13.4. The van der Waals surface area contributed by atoms with Gasteiger partial charge in [0.15, 0.2) is 11.6 Å². The molecule has 28 heavy (non-hydrogen) atoms. The molecule has 0 bridgehead atoms. The van der Waals surface area contributed by atoms with Gasteiger partial charge in [0.05, 0.1) is 37.9 Å². The van der Waals surface area contributed by atoms with Crippen LogP contribution in [0.25, 0.3) is 0 Å². The summed E-state index contributed by atoms with van der Waals surface area (Å²) >= 11 is 0. The average molecular weight is 393 g/mol. The minimum absolute atomic E-state index is 0.262. The topological polar surface area (TPSA) is 57.2 Å². The number of aliphatic hydroxyl groups is 1. The Hall–Kier alpha value is -0.200. The van der Waals surface area contributed by atoms with Crippen molar-refractivity contribution in [2.75, 3.05) is 26.4 Å². The Bertz CT molecular complexity index is 639. The molecular weight excluding hydrogens is 356 g/mol. The molecule has 158 valence electrons. The van der Waals surface area contributed by atoms with E-state index in [-0.39, 0.29) is 17.3 Å². The fourth-order valence-corrected chi connectivity index (χ4v) is 8.82. The first kappa shape index (κ1) is 18.6. The van der Waals surface area contributed by atoms with E-state index in [1.165, 1.54) is 12.8 Å². The molecule has 0 aromatic carbocycles. The molecule has 4 saturated carbocycles. The number of aliphatic hydroxyl groups excluding tert-OH is 1. The molecule has 2 spiro atoms. The van der Waals surface area contributed by atoms with Crippen molar-refractivity contribution < 1.29 is 24.1 Å². The molecular formula is C23H36O5. The lowest BCUT2D eigenvalue weighted by molar-refractivity contribution is -0.285. The fourth-order valence-electron chi connectivity index (χ4n) is 8.82. The lowest BCUT2D eigenvalue weighted by atomic mass is 9.44. The van der Waals surface area contributed by atoms with Gasteiger partial charge in [0.2, 0.25) is 0 Å². The lowest BCUT2D eigenvalue weighted by Crippen LogP contribution is -2.63. The first-order valence-electron chi connectivity index (χ1n) is 11.7. The molecule has 2 heterocycles. The zero-order valence-electron chi connectivity index (χ0n) is 17.5. The van der Waals surface area contributed by atoms with Crippen molar-refractivity contribution in [3.05, 3.63) is 0 Å². The SMILES string of the molecule is C[C@@]12CCC3(C[C@@H]1CC[C@H]1[C@H]2C[C@H](O)[C@]2(C)[C@@H]1CCC21OCCO1)OCCO3. The number of ether oxygens (including phenoxy) is 4. The van der Waals surface area contributed by atoms with E-state index in [0.29, 0.717) is 42.3 Å². The number of hydrogen-bond donors (Lipinski definition) is 1. The van der Waals surface area contributed by atoms with Gasteiger partial charge in [-0.1, -0.05) is 13.8 Å². The van der Waals surface area contributed by atoms with Gasteiger partial charge in [-0.05, 0) is 61.2 Å². The molecule has 5 nitrogen and oxygen atoms in total. The first-order valence-corrected chi connectivity index (χ1v) is 11.7. The smallest absolute Gasteiger partial charge is 0.176 e. The third-order valence-corrected chi connectivity index (χ3v) is 10.4. The quantitative estimate of drug-likeness (QED) is 0.684. The second kappa shape index (κ2) is 5.94. The van der Waals surface area contributed by atoms with E-state index < -0.39 is 5.79 Å². The van der Waals surface area contributed by atoms with E-state index in [9.17, 15) is 5.11 Å². The molecule has 0 amide bonds. The molecule has 4 aliphatic carbocycles. The summed E-state index contributed by atoms with van der Waals surface area (Å²) in [6.45, 7) is 7.61. The van der Waals surface area contributed by atoms with Crippen LogP contribution in [0.1, 0.15) is 65.2 Å². The van der Waals surface area contributed by atoms with Crippen LogP contribution in [0, 0.1) is 34.5 Å². The van der Waals surface area contributed by atoms with Gasteiger partial charge in [-0.15, -0.1) is 0 Å². The van der Waals surface area contributed by atoms with Crippen LogP contribution in [-0.4, -0.2) is 49.2 Å². The van der Waals surface area contributed by atoms with Crippen LogP contribution in [-0.2, 0) is 18.9 Å². The van der Waals surface area contributed by atoms with Gasteiger partial charge in [0.25, 0.3) is 0 Å². The highest BCUT2D eigenvalue weighted by Crippen LogP contribution is 2.70. The van der Waals surface area contributed by atoms with Crippen LogP contribution in [0.5, 0.6) is 0 Å². The third-order valence-electron chi connectivity index (χ3n) is 10.4. The molecule has 6 aliphatic rings. The third kappa shape index (κ3) is 2.16.